The molecule has 2 aromatic heterocycles. The average molecular weight is 288 g/mol. The van der Waals surface area contributed by atoms with Gasteiger partial charge in [0, 0.05) is 18.3 Å². The Balaban J connectivity index is 2.32. The molecule has 0 unspecified atom stereocenters. The van der Waals surface area contributed by atoms with E-state index in [9.17, 15) is 0 Å². The van der Waals surface area contributed by atoms with Crippen LogP contribution in [0.3, 0.4) is 0 Å². The Kier molecular flexibility index (Phi) is 5.35. The molecule has 20 heavy (non-hydrogen) atoms. The van der Waals surface area contributed by atoms with Crippen molar-refractivity contribution in [2.45, 2.75) is 43.2 Å². The molecular weight excluding hydrogens is 268 g/mol. The van der Waals surface area contributed by atoms with Crippen molar-refractivity contribution in [3.63, 3.8) is 0 Å². The summed E-state index contributed by atoms with van der Waals surface area (Å²) in [5.41, 5.74) is 1.16. The molecule has 0 amide bonds. The van der Waals surface area contributed by atoms with E-state index in [1.165, 1.54) is 0 Å². The SMILES string of the molecule is CCCNc1ncnc(Sc2ccccn2)c1C(C)C. The van der Waals surface area contributed by atoms with Crippen molar-refractivity contribution in [2.75, 3.05) is 11.9 Å². The summed E-state index contributed by atoms with van der Waals surface area (Å²) in [4.78, 5) is 13.2. The first-order valence-corrected chi connectivity index (χ1v) is 7.71. The van der Waals surface area contributed by atoms with E-state index in [0.717, 1.165) is 34.4 Å². The van der Waals surface area contributed by atoms with E-state index >= 15 is 0 Å². The van der Waals surface area contributed by atoms with E-state index < -0.39 is 0 Å². The second-order valence-corrected chi connectivity index (χ2v) is 5.80. The fourth-order valence-electron chi connectivity index (χ4n) is 1.87. The van der Waals surface area contributed by atoms with Gasteiger partial charge in [-0.2, -0.15) is 0 Å². The molecule has 0 fully saturated rings. The van der Waals surface area contributed by atoms with Crippen LogP contribution in [0.4, 0.5) is 5.82 Å². The second kappa shape index (κ2) is 7.24. The Bertz CT molecular complexity index is 543. The lowest BCUT2D eigenvalue weighted by Crippen LogP contribution is -2.08. The maximum absolute atomic E-state index is 4.44. The van der Waals surface area contributed by atoms with E-state index in [-0.39, 0.29) is 0 Å². The van der Waals surface area contributed by atoms with E-state index in [2.05, 4.69) is 41.0 Å². The van der Waals surface area contributed by atoms with Crippen LogP contribution in [0.5, 0.6) is 0 Å². The van der Waals surface area contributed by atoms with Gasteiger partial charge < -0.3 is 5.32 Å². The molecule has 0 saturated heterocycles. The van der Waals surface area contributed by atoms with Gasteiger partial charge in [0.2, 0.25) is 0 Å². The summed E-state index contributed by atoms with van der Waals surface area (Å²) in [7, 11) is 0. The van der Waals surface area contributed by atoms with Gasteiger partial charge in [-0.25, -0.2) is 15.0 Å². The number of hydrogen-bond acceptors (Lipinski definition) is 5. The van der Waals surface area contributed by atoms with Crippen molar-refractivity contribution >= 4 is 17.6 Å². The molecule has 0 aliphatic rings. The molecule has 2 aromatic rings. The van der Waals surface area contributed by atoms with Crippen LogP contribution in [0, 0.1) is 0 Å². The maximum Gasteiger partial charge on any atom is 0.134 e. The first-order chi connectivity index (χ1) is 9.72. The third-order valence-electron chi connectivity index (χ3n) is 2.81. The molecule has 2 heterocycles. The van der Waals surface area contributed by atoms with Crippen molar-refractivity contribution in [1.29, 1.82) is 0 Å². The molecule has 0 atom stereocenters. The van der Waals surface area contributed by atoms with Gasteiger partial charge in [0.25, 0.3) is 0 Å². The standard InChI is InChI=1S/C15H20N4S/c1-4-8-17-14-13(11(2)3)15(19-10-18-14)20-12-7-5-6-9-16-12/h5-7,9-11H,4,8H2,1-3H3,(H,17,18,19). The lowest BCUT2D eigenvalue weighted by atomic mass is 10.1. The number of pyridine rings is 1. The average Bonchev–Trinajstić information content (AvgIpc) is 2.46. The van der Waals surface area contributed by atoms with Gasteiger partial charge in [-0.3, -0.25) is 0 Å². The van der Waals surface area contributed by atoms with E-state index in [1.807, 2.05) is 18.2 Å². The number of hydrogen-bond donors (Lipinski definition) is 1. The van der Waals surface area contributed by atoms with Gasteiger partial charge in [0.15, 0.2) is 0 Å². The second-order valence-electron chi connectivity index (χ2n) is 4.79. The minimum atomic E-state index is 0.363. The molecule has 1 N–H and O–H groups in total. The largest absolute Gasteiger partial charge is 0.370 e. The first-order valence-electron chi connectivity index (χ1n) is 6.90. The molecule has 0 spiro atoms. The minimum absolute atomic E-state index is 0.363. The summed E-state index contributed by atoms with van der Waals surface area (Å²) >= 11 is 1.59. The van der Waals surface area contributed by atoms with E-state index in [1.54, 1.807) is 24.3 Å². The summed E-state index contributed by atoms with van der Waals surface area (Å²) in [6, 6.07) is 5.90. The molecule has 2 rings (SSSR count). The minimum Gasteiger partial charge on any atom is -0.370 e. The lowest BCUT2D eigenvalue weighted by molar-refractivity contribution is 0.799. The van der Waals surface area contributed by atoms with E-state index in [0.29, 0.717) is 5.92 Å². The van der Waals surface area contributed by atoms with Crippen molar-refractivity contribution in [2.24, 2.45) is 0 Å². The zero-order valence-electron chi connectivity index (χ0n) is 12.1. The van der Waals surface area contributed by atoms with Gasteiger partial charge in [-0.15, -0.1) is 0 Å². The normalized spacial score (nSPS) is 10.8. The Morgan fingerprint density at radius 2 is 2.05 bits per heavy atom. The van der Waals surface area contributed by atoms with Gasteiger partial charge in [-0.05, 0) is 36.2 Å². The van der Waals surface area contributed by atoms with Gasteiger partial charge in [-0.1, -0.05) is 26.8 Å². The van der Waals surface area contributed by atoms with Crippen molar-refractivity contribution < 1.29 is 0 Å². The van der Waals surface area contributed by atoms with Crippen molar-refractivity contribution in [3.8, 4) is 0 Å². The van der Waals surface area contributed by atoms with Crippen LogP contribution in [-0.2, 0) is 0 Å². The lowest BCUT2D eigenvalue weighted by Gasteiger charge is -2.16. The van der Waals surface area contributed by atoms with Gasteiger partial charge >= 0.3 is 0 Å². The molecule has 4 nitrogen and oxygen atoms in total. The quantitative estimate of drug-likeness (QED) is 0.815. The summed E-state index contributed by atoms with van der Waals surface area (Å²) < 4.78 is 0. The number of rotatable bonds is 6. The van der Waals surface area contributed by atoms with Crippen molar-refractivity contribution in [1.82, 2.24) is 15.0 Å². The summed E-state index contributed by atoms with van der Waals surface area (Å²) in [6.07, 6.45) is 4.49. The third-order valence-corrected chi connectivity index (χ3v) is 3.78. The molecule has 106 valence electrons. The van der Waals surface area contributed by atoms with Crippen LogP contribution in [0.15, 0.2) is 40.8 Å². The molecule has 0 aliphatic carbocycles. The molecule has 0 aliphatic heterocycles. The van der Waals surface area contributed by atoms with Crippen LogP contribution in [0.2, 0.25) is 0 Å². The van der Waals surface area contributed by atoms with Gasteiger partial charge in [0.05, 0.1) is 0 Å². The smallest absolute Gasteiger partial charge is 0.134 e. The third kappa shape index (κ3) is 3.70. The Morgan fingerprint density at radius 3 is 2.70 bits per heavy atom. The molecule has 5 heteroatoms. The molecule has 0 aromatic carbocycles. The monoisotopic (exact) mass is 288 g/mol. The van der Waals surface area contributed by atoms with Crippen LogP contribution in [-0.4, -0.2) is 21.5 Å². The van der Waals surface area contributed by atoms with Crippen LogP contribution < -0.4 is 5.32 Å². The first kappa shape index (κ1) is 14.8. The Morgan fingerprint density at radius 1 is 1.20 bits per heavy atom. The van der Waals surface area contributed by atoms with Crippen LogP contribution >= 0.6 is 11.8 Å². The zero-order valence-corrected chi connectivity index (χ0v) is 12.9. The van der Waals surface area contributed by atoms with Crippen LogP contribution in [0.25, 0.3) is 0 Å². The molecule has 0 saturated carbocycles. The fourth-order valence-corrected chi connectivity index (χ4v) is 2.87. The summed E-state index contributed by atoms with van der Waals surface area (Å²) in [5.74, 6) is 1.30. The predicted molar refractivity (Wildman–Crippen MR) is 83.3 cm³/mol. The highest BCUT2D eigenvalue weighted by atomic mass is 32.2. The van der Waals surface area contributed by atoms with E-state index in [4.69, 9.17) is 0 Å². The number of aromatic nitrogens is 3. The topological polar surface area (TPSA) is 50.7 Å². The zero-order chi connectivity index (χ0) is 14.4. The van der Waals surface area contributed by atoms with Crippen LogP contribution in [0.1, 0.15) is 38.7 Å². The Labute approximate surface area is 124 Å². The highest BCUT2D eigenvalue weighted by Crippen LogP contribution is 2.34. The highest BCUT2D eigenvalue weighted by Gasteiger charge is 2.15. The molecule has 0 bridgehead atoms. The fraction of sp³-hybridized carbons (Fsp3) is 0.400. The molecular formula is C15H20N4S. The summed E-state index contributed by atoms with van der Waals surface area (Å²) in [6.45, 7) is 7.40. The number of anilines is 1. The summed E-state index contributed by atoms with van der Waals surface area (Å²) in [5, 5.41) is 5.32. The van der Waals surface area contributed by atoms with Gasteiger partial charge in [0.1, 0.15) is 22.2 Å². The number of nitrogens with one attached hydrogen (secondary N) is 1. The molecule has 0 radical (unpaired) electrons. The highest BCUT2D eigenvalue weighted by molar-refractivity contribution is 7.99. The van der Waals surface area contributed by atoms with Crippen molar-refractivity contribution in [3.05, 3.63) is 36.3 Å². The Hall–Kier alpha value is -1.62. The number of nitrogens with zero attached hydrogens (tertiary/aromatic N) is 3. The predicted octanol–water partition coefficient (Wildman–Crippen LogP) is 3.97. The maximum atomic E-state index is 4.44.